The molecule has 0 spiro atoms. The maximum atomic E-state index is 12.8. The first kappa shape index (κ1) is 30.7. The van der Waals surface area contributed by atoms with Crippen LogP contribution in [-0.2, 0) is 19.1 Å². The number of amides is 2. The lowest BCUT2D eigenvalue weighted by molar-refractivity contribution is -0.211. The summed E-state index contributed by atoms with van der Waals surface area (Å²) in [5, 5.41) is 54.2. The monoisotopic (exact) mass is 535 g/mol. The highest BCUT2D eigenvalue weighted by molar-refractivity contribution is 7.99. The molecular weight excluding hydrogens is 494 g/mol. The summed E-state index contributed by atoms with van der Waals surface area (Å²) in [6, 6.07) is -1.84. The molecule has 2 amide bonds. The van der Waals surface area contributed by atoms with E-state index in [0.717, 1.165) is 25.8 Å². The smallest absolute Gasteiger partial charge is 0.326 e. The van der Waals surface area contributed by atoms with Gasteiger partial charge in [0.1, 0.15) is 35.9 Å². The molecule has 3 fully saturated rings. The molecule has 7 N–H and O–H groups in total. The van der Waals surface area contributed by atoms with Crippen LogP contribution in [0, 0.1) is 5.92 Å². The van der Waals surface area contributed by atoms with Crippen molar-refractivity contribution in [2.75, 3.05) is 19.8 Å². The number of hydrogen-bond acceptors (Lipinski definition) is 10. The van der Waals surface area contributed by atoms with Gasteiger partial charge in [0, 0.05) is 13.0 Å². The Morgan fingerprint density at radius 2 is 1.92 bits per heavy atom. The summed E-state index contributed by atoms with van der Waals surface area (Å²) in [5.74, 6) is -0.863. The van der Waals surface area contributed by atoms with Crippen LogP contribution in [0.3, 0.4) is 0 Å². The Kier molecular flexibility index (Phi) is 11.9. The van der Waals surface area contributed by atoms with E-state index in [9.17, 15) is 34.8 Å². The van der Waals surface area contributed by atoms with Crippen LogP contribution >= 0.6 is 11.8 Å². The predicted octanol–water partition coefficient (Wildman–Crippen LogP) is -1.51. The molecule has 0 aromatic heterocycles. The minimum atomic E-state index is -1.42. The van der Waals surface area contributed by atoms with Crippen molar-refractivity contribution in [2.45, 2.75) is 100 Å². The van der Waals surface area contributed by atoms with E-state index < -0.39 is 54.0 Å². The van der Waals surface area contributed by atoms with Crippen molar-refractivity contribution >= 4 is 29.5 Å². The quantitative estimate of drug-likeness (QED) is 0.191. The number of likely N-dealkylation sites (N-methyl/N-ethyl adjacent to an activating group) is 1. The summed E-state index contributed by atoms with van der Waals surface area (Å²) in [6.07, 6.45) is -0.727. The van der Waals surface area contributed by atoms with Gasteiger partial charge < -0.3 is 40.9 Å². The van der Waals surface area contributed by atoms with E-state index in [-0.39, 0.29) is 17.9 Å². The standard InChI is InChI=1S/C18H34N2O6S.C5H7NO3/c1-5-6-10-7-11(20(3)8-10)17(25)19-12(9(2)21)16-14(23)13(22)15(24)18(26-16)27-4;7-4-2-1-3(6-4)5(8)9/h9-16,18,21-24H,5-8H2,1-4H3,(H,19,25);3H,1-2H2,(H,6,7)(H,8,9)/t9-,10-,11+,12-,13+,14-,15-,16-,18-;3-/m10/s1. The molecule has 0 bridgehead atoms. The molecule has 0 radical (unpaired) electrons. The lowest BCUT2D eigenvalue weighted by Gasteiger charge is -2.44. The molecule has 10 atom stereocenters. The largest absolute Gasteiger partial charge is 0.480 e. The topological polar surface area (TPSA) is 189 Å². The van der Waals surface area contributed by atoms with Crippen LogP contribution < -0.4 is 10.6 Å². The Balaban J connectivity index is 0.000000425. The zero-order valence-corrected chi connectivity index (χ0v) is 22.1. The van der Waals surface area contributed by atoms with E-state index in [0.29, 0.717) is 18.8 Å². The molecule has 208 valence electrons. The minimum Gasteiger partial charge on any atom is -0.480 e. The molecule has 3 saturated heterocycles. The number of thioether (sulfide) groups is 1. The molecule has 36 heavy (non-hydrogen) atoms. The molecule has 3 aliphatic heterocycles. The van der Waals surface area contributed by atoms with Gasteiger partial charge >= 0.3 is 5.97 Å². The molecule has 13 heteroatoms. The fourth-order valence-electron chi connectivity index (χ4n) is 4.93. The van der Waals surface area contributed by atoms with Crippen LogP contribution in [0.1, 0.15) is 46.0 Å². The summed E-state index contributed by atoms with van der Waals surface area (Å²) in [4.78, 5) is 35.4. The molecule has 3 rings (SSSR count). The zero-order valence-electron chi connectivity index (χ0n) is 21.2. The van der Waals surface area contributed by atoms with E-state index in [1.807, 2.05) is 11.9 Å². The lowest BCUT2D eigenvalue weighted by atomic mass is 9.92. The highest BCUT2D eigenvalue weighted by atomic mass is 32.2. The molecule has 0 aromatic carbocycles. The summed E-state index contributed by atoms with van der Waals surface area (Å²) in [7, 11) is 1.91. The van der Waals surface area contributed by atoms with Gasteiger partial charge in [-0.2, -0.15) is 0 Å². The number of aliphatic carboxylic acids is 1. The average Bonchev–Trinajstić information content (AvgIpc) is 3.42. The van der Waals surface area contributed by atoms with E-state index in [1.165, 1.54) is 18.7 Å². The number of aliphatic hydroxyl groups excluding tert-OH is 4. The number of likely N-dealkylation sites (tertiary alicyclic amines) is 1. The van der Waals surface area contributed by atoms with Gasteiger partial charge in [0.2, 0.25) is 11.8 Å². The first-order valence-electron chi connectivity index (χ1n) is 12.3. The van der Waals surface area contributed by atoms with Crippen molar-refractivity contribution in [3.8, 4) is 0 Å². The fourth-order valence-corrected chi connectivity index (χ4v) is 5.61. The number of carboxylic acids is 1. The van der Waals surface area contributed by atoms with Crippen LogP contribution in [0.5, 0.6) is 0 Å². The van der Waals surface area contributed by atoms with Crippen LogP contribution in [0.2, 0.25) is 0 Å². The predicted molar refractivity (Wildman–Crippen MR) is 132 cm³/mol. The van der Waals surface area contributed by atoms with E-state index >= 15 is 0 Å². The number of nitrogens with zero attached hydrogens (tertiary/aromatic N) is 1. The number of aliphatic hydroxyl groups is 4. The zero-order chi connectivity index (χ0) is 27.2. The number of rotatable bonds is 8. The number of carbonyl (C=O) groups excluding carboxylic acids is 2. The molecule has 0 unspecified atom stereocenters. The first-order valence-corrected chi connectivity index (χ1v) is 13.6. The van der Waals surface area contributed by atoms with Gasteiger partial charge in [-0.05, 0) is 45.4 Å². The summed E-state index contributed by atoms with van der Waals surface area (Å²) < 4.78 is 5.72. The molecule has 3 aliphatic rings. The molecular formula is C23H41N3O9S. The van der Waals surface area contributed by atoms with E-state index in [4.69, 9.17) is 9.84 Å². The van der Waals surface area contributed by atoms with Crippen LogP contribution in [0.15, 0.2) is 0 Å². The normalized spacial score (nSPS) is 36.4. The van der Waals surface area contributed by atoms with Gasteiger partial charge in [0.05, 0.1) is 18.2 Å². The fraction of sp³-hybridized carbons (Fsp3) is 0.870. The van der Waals surface area contributed by atoms with E-state index in [1.54, 1.807) is 6.26 Å². The van der Waals surface area contributed by atoms with Crippen LogP contribution in [0.25, 0.3) is 0 Å². The van der Waals surface area contributed by atoms with Gasteiger partial charge in [-0.1, -0.05) is 13.3 Å². The molecule has 12 nitrogen and oxygen atoms in total. The number of hydrogen-bond donors (Lipinski definition) is 7. The third-order valence-electron chi connectivity index (χ3n) is 6.95. The van der Waals surface area contributed by atoms with Gasteiger partial charge in [0.25, 0.3) is 0 Å². The van der Waals surface area contributed by atoms with Crippen molar-refractivity contribution in [1.29, 1.82) is 0 Å². The van der Waals surface area contributed by atoms with Gasteiger partial charge in [-0.3, -0.25) is 14.5 Å². The Hall–Kier alpha value is -1.48. The Morgan fingerprint density at radius 3 is 2.39 bits per heavy atom. The van der Waals surface area contributed by atoms with Crippen molar-refractivity contribution in [3.05, 3.63) is 0 Å². The Labute approximate surface area is 215 Å². The molecule has 3 heterocycles. The van der Waals surface area contributed by atoms with Crippen LogP contribution in [-0.4, -0.2) is 122 Å². The lowest BCUT2D eigenvalue weighted by Crippen LogP contribution is -2.65. The number of carbonyl (C=O) groups is 3. The van der Waals surface area contributed by atoms with Gasteiger partial charge in [0.15, 0.2) is 0 Å². The third-order valence-corrected chi connectivity index (χ3v) is 7.80. The molecule has 0 aliphatic carbocycles. The first-order chi connectivity index (χ1) is 16.9. The minimum absolute atomic E-state index is 0.164. The summed E-state index contributed by atoms with van der Waals surface area (Å²) in [6.45, 7) is 4.48. The van der Waals surface area contributed by atoms with Crippen LogP contribution in [0.4, 0.5) is 0 Å². The average molecular weight is 536 g/mol. The number of carboxylic acid groups (broad SMARTS) is 1. The number of nitrogens with one attached hydrogen (secondary N) is 2. The Morgan fingerprint density at radius 1 is 1.25 bits per heavy atom. The molecule has 0 saturated carbocycles. The second-order valence-corrected chi connectivity index (χ2v) is 10.7. The van der Waals surface area contributed by atoms with Crippen molar-refractivity contribution in [2.24, 2.45) is 5.92 Å². The number of ether oxygens (including phenoxy) is 1. The maximum absolute atomic E-state index is 12.8. The highest BCUT2D eigenvalue weighted by Crippen LogP contribution is 2.30. The van der Waals surface area contributed by atoms with Crippen molar-refractivity contribution < 1.29 is 44.7 Å². The highest BCUT2D eigenvalue weighted by Gasteiger charge is 2.48. The summed E-state index contributed by atoms with van der Waals surface area (Å²) >= 11 is 1.20. The second-order valence-electron chi connectivity index (χ2n) is 9.79. The summed E-state index contributed by atoms with van der Waals surface area (Å²) in [5.41, 5.74) is -0.755. The second kappa shape index (κ2) is 13.9. The van der Waals surface area contributed by atoms with Gasteiger partial charge in [-0.25, -0.2) is 4.79 Å². The van der Waals surface area contributed by atoms with Crippen molar-refractivity contribution in [1.82, 2.24) is 15.5 Å². The SMILES string of the molecule is CCC[C@@H]1C[C@@H](C(=O)N[C@@H]([C@H]2O[C@H](SC)[C@H](O)[C@@H](O)[C@H]2O)[C@@H](C)O)N(C)C1.O=C1CC[C@@H](C(=O)O)N1. The molecule has 0 aromatic rings. The third kappa shape index (κ3) is 7.76. The van der Waals surface area contributed by atoms with E-state index in [2.05, 4.69) is 17.6 Å². The van der Waals surface area contributed by atoms with Crippen molar-refractivity contribution in [3.63, 3.8) is 0 Å². The Bertz CT molecular complexity index is 756. The van der Waals surface area contributed by atoms with Gasteiger partial charge in [-0.15, -0.1) is 11.8 Å². The maximum Gasteiger partial charge on any atom is 0.326 e.